The summed E-state index contributed by atoms with van der Waals surface area (Å²) in [6.45, 7) is 9.27. The van der Waals surface area contributed by atoms with Gasteiger partial charge in [-0.2, -0.15) is 19.1 Å². The Morgan fingerprint density at radius 3 is 2.40 bits per heavy atom. The molecule has 9 nitrogen and oxygen atoms in total. The molecule has 5 rings (SSSR count). The molecule has 4 aromatic rings. The van der Waals surface area contributed by atoms with Crippen LogP contribution < -0.4 is 10.2 Å². The number of pyridine rings is 1. The van der Waals surface area contributed by atoms with Gasteiger partial charge in [-0.3, -0.25) is 4.79 Å². The van der Waals surface area contributed by atoms with E-state index in [1.54, 1.807) is 38.3 Å². The lowest BCUT2D eigenvalue weighted by Crippen LogP contribution is -2.37. The molecular formula is C26H26B3F2N7O2. The molecule has 0 spiro atoms. The number of amides is 1. The van der Waals surface area contributed by atoms with Gasteiger partial charge in [0.15, 0.2) is 5.65 Å². The molecule has 14 heteroatoms. The summed E-state index contributed by atoms with van der Waals surface area (Å²) in [5.74, 6) is -1.59. The number of carbonyl (C=O) groups excluding carboxylic acids is 1. The maximum Gasteiger partial charge on any atom is 0.258 e. The molecule has 0 saturated carbocycles. The smallest absolute Gasteiger partial charge is 0.258 e. The summed E-state index contributed by atoms with van der Waals surface area (Å²) in [6.07, 6.45) is 1.20. The average molecular weight is 539 g/mol. The zero-order valence-corrected chi connectivity index (χ0v) is 22.7. The van der Waals surface area contributed by atoms with Crippen LogP contribution in [0.25, 0.3) is 16.8 Å². The number of aromatic nitrogens is 5. The molecule has 1 saturated heterocycles. The van der Waals surface area contributed by atoms with E-state index in [9.17, 15) is 9.18 Å². The van der Waals surface area contributed by atoms with Crippen LogP contribution in [0.2, 0.25) is 0 Å². The van der Waals surface area contributed by atoms with Crippen LogP contribution in [0.4, 0.5) is 20.3 Å². The first-order chi connectivity index (χ1) is 18.7. The summed E-state index contributed by atoms with van der Waals surface area (Å²) in [6, 6.07) is 6.27. The molecule has 1 N–H and O–H groups in total. The number of hydrogen-bond donors (Lipinski definition) is 1. The van der Waals surface area contributed by atoms with Crippen molar-refractivity contribution in [3.05, 3.63) is 59.2 Å². The second-order valence-corrected chi connectivity index (χ2v) is 10.9. The van der Waals surface area contributed by atoms with Crippen LogP contribution in [0.1, 0.15) is 42.5 Å². The zero-order valence-electron chi connectivity index (χ0n) is 22.7. The summed E-state index contributed by atoms with van der Waals surface area (Å²) < 4.78 is 38.2. The van der Waals surface area contributed by atoms with Crippen LogP contribution >= 0.6 is 0 Å². The molecule has 4 heterocycles. The lowest BCUT2D eigenvalue weighted by atomic mass is 9.42. The normalized spacial score (nSPS) is 14.6. The number of aryl methyl sites for hydroxylation is 1. The van der Waals surface area contributed by atoms with E-state index >= 15 is 4.39 Å². The summed E-state index contributed by atoms with van der Waals surface area (Å²) in [7, 11) is 17.6. The summed E-state index contributed by atoms with van der Waals surface area (Å²) in [4.78, 5) is 19.6. The number of benzene rings is 1. The summed E-state index contributed by atoms with van der Waals surface area (Å²) in [5, 5.41) is 9.13. The second kappa shape index (κ2) is 10.1. The van der Waals surface area contributed by atoms with Crippen LogP contribution in [0.5, 0.6) is 0 Å². The molecule has 6 radical (unpaired) electrons. The highest BCUT2D eigenvalue weighted by molar-refractivity contribution is 6.58. The van der Waals surface area contributed by atoms with Gasteiger partial charge in [0.25, 0.3) is 5.91 Å². The van der Waals surface area contributed by atoms with Crippen LogP contribution in [-0.2, 0) is 15.4 Å². The van der Waals surface area contributed by atoms with Gasteiger partial charge in [-0.25, -0.2) is 14.1 Å². The Bertz CT molecular complexity index is 1600. The van der Waals surface area contributed by atoms with Gasteiger partial charge in [-0.15, -0.1) is 0 Å². The number of morpholine rings is 1. The number of fused-ring (bicyclic) bond motifs is 1. The van der Waals surface area contributed by atoms with Crippen molar-refractivity contribution in [2.45, 2.75) is 38.3 Å². The first-order valence-corrected chi connectivity index (χ1v) is 12.7. The van der Waals surface area contributed by atoms with Crippen molar-refractivity contribution >= 4 is 46.6 Å². The van der Waals surface area contributed by atoms with Crippen molar-refractivity contribution in [1.82, 2.24) is 24.4 Å². The Kier molecular flexibility index (Phi) is 7.02. The van der Waals surface area contributed by atoms with E-state index in [-0.39, 0.29) is 17.1 Å². The van der Waals surface area contributed by atoms with E-state index in [0.29, 0.717) is 54.5 Å². The molecule has 1 aliphatic rings. The Hall–Kier alpha value is -3.67. The quantitative estimate of drug-likeness (QED) is 0.393. The third-order valence-electron chi connectivity index (χ3n) is 6.60. The molecule has 3 aromatic heterocycles. The minimum absolute atomic E-state index is 0.0351. The van der Waals surface area contributed by atoms with Gasteiger partial charge in [0, 0.05) is 13.1 Å². The molecular weight excluding hydrogens is 513 g/mol. The number of halogens is 2. The molecule has 0 unspecified atom stereocenters. The molecule has 1 amide bonds. The van der Waals surface area contributed by atoms with Crippen LogP contribution in [0, 0.1) is 18.7 Å². The second-order valence-electron chi connectivity index (χ2n) is 10.9. The van der Waals surface area contributed by atoms with Crippen LogP contribution in [0.15, 0.2) is 30.5 Å². The van der Waals surface area contributed by atoms with Crippen molar-refractivity contribution in [3.8, 4) is 11.1 Å². The summed E-state index contributed by atoms with van der Waals surface area (Å²) in [5.41, 5.74) is 1.13. The number of carbonyl (C=O) groups is 1. The number of anilines is 2. The maximum absolute atomic E-state index is 15.1. The first kappa shape index (κ1) is 27.9. The molecule has 0 atom stereocenters. The van der Waals surface area contributed by atoms with Crippen molar-refractivity contribution in [3.63, 3.8) is 0 Å². The first-order valence-electron chi connectivity index (χ1n) is 12.7. The molecule has 200 valence electrons. The van der Waals surface area contributed by atoms with E-state index in [0.717, 1.165) is 4.68 Å². The number of rotatable bonds is 5. The van der Waals surface area contributed by atoms with Crippen LogP contribution in [-0.4, -0.2) is 80.1 Å². The molecule has 0 bridgehead atoms. The van der Waals surface area contributed by atoms with Gasteiger partial charge in [0.05, 0.1) is 54.1 Å². The monoisotopic (exact) mass is 539 g/mol. The molecule has 0 aliphatic carbocycles. The predicted octanol–water partition coefficient (Wildman–Crippen LogP) is 2.64. The van der Waals surface area contributed by atoms with Gasteiger partial charge in [-0.05, 0) is 68.7 Å². The fraction of sp³-hybridized carbons (Fsp3) is 0.385. The highest BCUT2D eigenvalue weighted by Crippen LogP contribution is 2.32. The van der Waals surface area contributed by atoms with Crippen LogP contribution in [0.3, 0.4) is 0 Å². The Labute approximate surface area is 234 Å². The fourth-order valence-corrected chi connectivity index (χ4v) is 4.56. The standard InChI is InChI=1S/C26H26B3F2N7O2/c1-14-9-18(30)17(23(39)33-19-13-32-38(22(19)31)25(2,3)4)12-16(14)15-10-20-34-24(26(27,28)29)35-37(20)21(11-15)36-5-7-40-8-6-36/h9-13H,5-8H2,1-4H3,(H,33,39). The highest BCUT2D eigenvalue weighted by Gasteiger charge is 2.26. The van der Waals surface area contributed by atoms with Crippen molar-refractivity contribution < 1.29 is 18.3 Å². The molecule has 1 aromatic carbocycles. The topological polar surface area (TPSA) is 89.6 Å². The third-order valence-corrected chi connectivity index (χ3v) is 6.60. The van der Waals surface area contributed by atoms with E-state index < -0.39 is 28.3 Å². The van der Waals surface area contributed by atoms with E-state index in [1.165, 1.54) is 18.3 Å². The predicted molar refractivity (Wildman–Crippen MR) is 150 cm³/mol. The van der Waals surface area contributed by atoms with Gasteiger partial charge < -0.3 is 15.0 Å². The van der Waals surface area contributed by atoms with Gasteiger partial charge in [0.2, 0.25) is 5.95 Å². The average Bonchev–Trinajstić information content (AvgIpc) is 3.48. The van der Waals surface area contributed by atoms with E-state index in [2.05, 4.69) is 25.4 Å². The number of hydrogen-bond acceptors (Lipinski definition) is 6. The van der Waals surface area contributed by atoms with Gasteiger partial charge in [0.1, 0.15) is 23.1 Å². The molecule has 1 aliphatic heterocycles. The minimum atomic E-state index is -1.76. The Balaban J connectivity index is 1.58. The number of nitrogens with one attached hydrogen (secondary N) is 1. The highest BCUT2D eigenvalue weighted by atomic mass is 19.1. The minimum Gasteiger partial charge on any atom is -0.378 e. The largest absolute Gasteiger partial charge is 0.378 e. The number of nitrogens with zero attached hydrogens (tertiary/aromatic N) is 6. The lowest BCUT2D eigenvalue weighted by molar-refractivity contribution is 0.102. The van der Waals surface area contributed by atoms with E-state index in [1.807, 2.05) is 6.07 Å². The lowest BCUT2D eigenvalue weighted by Gasteiger charge is -2.29. The molecule has 40 heavy (non-hydrogen) atoms. The Morgan fingerprint density at radius 1 is 1.07 bits per heavy atom. The molecule has 1 fully saturated rings. The van der Waals surface area contributed by atoms with E-state index in [4.69, 9.17) is 28.3 Å². The van der Waals surface area contributed by atoms with Crippen molar-refractivity contribution in [2.75, 3.05) is 36.5 Å². The van der Waals surface area contributed by atoms with Gasteiger partial charge >= 0.3 is 0 Å². The summed E-state index contributed by atoms with van der Waals surface area (Å²) >= 11 is 0. The van der Waals surface area contributed by atoms with Gasteiger partial charge in [-0.1, -0.05) is 5.11 Å². The third kappa shape index (κ3) is 5.24. The number of ether oxygens (including phenoxy) is 1. The Morgan fingerprint density at radius 2 is 1.77 bits per heavy atom. The van der Waals surface area contributed by atoms with Crippen molar-refractivity contribution in [1.29, 1.82) is 0 Å². The maximum atomic E-state index is 15.1. The fourth-order valence-electron chi connectivity index (χ4n) is 4.56. The SMILES string of the molecule is [B]C([B])([B])c1nc2cc(-c3cc(C(=O)Nc4cnn(C(C)(C)C)c4F)c(F)cc3C)cc(N3CCOCC3)n2n1. The zero-order chi connectivity index (χ0) is 29.0. The van der Waals surface area contributed by atoms with Crippen molar-refractivity contribution in [2.24, 2.45) is 0 Å².